The van der Waals surface area contributed by atoms with E-state index >= 15 is 0 Å². The van der Waals surface area contributed by atoms with Crippen LogP contribution in [-0.2, 0) is 11.3 Å². The molecule has 3 nitrogen and oxygen atoms in total. The average Bonchev–Trinajstić information content (AvgIpc) is 2.37. The lowest BCUT2D eigenvalue weighted by Gasteiger charge is -2.16. The lowest BCUT2D eigenvalue weighted by molar-refractivity contribution is 0.161. The molecular formula is C13H20ClFN2O. The Labute approximate surface area is 113 Å². The fraction of sp³-hybridized carbons (Fsp3) is 0.538. The van der Waals surface area contributed by atoms with Gasteiger partial charge in [-0.1, -0.05) is 23.7 Å². The van der Waals surface area contributed by atoms with Crippen molar-refractivity contribution < 1.29 is 9.13 Å². The first-order chi connectivity index (χ1) is 8.65. The fourth-order valence-corrected chi connectivity index (χ4v) is 1.73. The molecule has 1 N–H and O–H groups in total. The molecule has 18 heavy (non-hydrogen) atoms. The van der Waals surface area contributed by atoms with Crippen LogP contribution < -0.4 is 5.32 Å². The first-order valence-electron chi connectivity index (χ1n) is 5.96. The summed E-state index contributed by atoms with van der Waals surface area (Å²) in [6.45, 7) is 3.95. The average molecular weight is 275 g/mol. The van der Waals surface area contributed by atoms with Crippen molar-refractivity contribution >= 4 is 11.6 Å². The van der Waals surface area contributed by atoms with Crippen molar-refractivity contribution in [2.45, 2.75) is 6.54 Å². The SMILES string of the molecule is COCCN(C)CCNCc1cccc(F)c1Cl. The van der Waals surface area contributed by atoms with E-state index in [1.165, 1.54) is 6.07 Å². The molecule has 1 rings (SSSR count). The van der Waals surface area contributed by atoms with Gasteiger partial charge >= 0.3 is 0 Å². The summed E-state index contributed by atoms with van der Waals surface area (Å²) in [5, 5.41) is 3.45. The molecule has 0 unspecified atom stereocenters. The molecule has 0 aromatic heterocycles. The Morgan fingerprint density at radius 2 is 2.17 bits per heavy atom. The summed E-state index contributed by atoms with van der Waals surface area (Å²) in [5.74, 6) is -0.367. The van der Waals surface area contributed by atoms with E-state index in [9.17, 15) is 4.39 Å². The second-order valence-corrected chi connectivity index (χ2v) is 4.56. The largest absolute Gasteiger partial charge is 0.383 e. The van der Waals surface area contributed by atoms with Gasteiger partial charge < -0.3 is 15.0 Å². The smallest absolute Gasteiger partial charge is 0.142 e. The zero-order chi connectivity index (χ0) is 13.4. The Kier molecular flexibility index (Phi) is 7.20. The minimum absolute atomic E-state index is 0.206. The van der Waals surface area contributed by atoms with Crippen molar-refractivity contribution in [2.75, 3.05) is 40.4 Å². The third kappa shape index (κ3) is 5.31. The topological polar surface area (TPSA) is 24.5 Å². The van der Waals surface area contributed by atoms with E-state index in [0.29, 0.717) is 6.54 Å². The molecule has 1 aromatic carbocycles. The lowest BCUT2D eigenvalue weighted by atomic mass is 10.2. The first kappa shape index (κ1) is 15.4. The Morgan fingerprint density at radius 1 is 1.39 bits per heavy atom. The summed E-state index contributed by atoms with van der Waals surface area (Å²) < 4.78 is 18.2. The Balaban J connectivity index is 2.23. The summed E-state index contributed by atoms with van der Waals surface area (Å²) in [7, 11) is 3.73. The maximum absolute atomic E-state index is 13.2. The highest BCUT2D eigenvalue weighted by Gasteiger charge is 2.04. The van der Waals surface area contributed by atoms with E-state index in [2.05, 4.69) is 10.2 Å². The van der Waals surface area contributed by atoms with Crippen molar-refractivity contribution in [1.29, 1.82) is 0 Å². The van der Waals surface area contributed by atoms with Crippen LogP contribution in [0, 0.1) is 5.82 Å². The summed E-state index contributed by atoms with van der Waals surface area (Å²) in [6.07, 6.45) is 0. The molecule has 0 bridgehead atoms. The van der Waals surface area contributed by atoms with E-state index in [1.807, 2.05) is 13.1 Å². The molecule has 0 heterocycles. The number of hydrogen-bond acceptors (Lipinski definition) is 3. The van der Waals surface area contributed by atoms with Gasteiger partial charge in [0.1, 0.15) is 5.82 Å². The standard InChI is InChI=1S/C13H20ClFN2O/c1-17(8-9-18-2)7-6-16-10-11-4-3-5-12(15)13(11)14/h3-5,16H,6-10H2,1-2H3. The highest BCUT2D eigenvalue weighted by atomic mass is 35.5. The van der Waals surface area contributed by atoms with Crippen LogP contribution in [0.25, 0.3) is 0 Å². The molecule has 0 amide bonds. The Hall–Kier alpha value is -0.680. The van der Waals surface area contributed by atoms with E-state index in [4.69, 9.17) is 16.3 Å². The first-order valence-corrected chi connectivity index (χ1v) is 6.34. The molecule has 0 spiro atoms. The van der Waals surface area contributed by atoms with E-state index in [1.54, 1.807) is 13.2 Å². The zero-order valence-corrected chi connectivity index (χ0v) is 11.6. The minimum Gasteiger partial charge on any atom is -0.383 e. The van der Waals surface area contributed by atoms with Crippen LogP contribution in [0.15, 0.2) is 18.2 Å². The van der Waals surface area contributed by atoms with Crippen molar-refractivity contribution in [3.8, 4) is 0 Å². The van der Waals surface area contributed by atoms with E-state index in [0.717, 1.165) is 31.8 Å². The maximum atomic E-state index is 13.2. The molecule has 0 fully saturated rings. The molecule has 0 saturated carbocycles. The molecule has 0 aliphatic heterocycles. The van der Waals surface area contributed by atoms with Crippen LogP contribution in [0.1, 0.15) is 5.56 Å². The van der Waals surface area contributed by atoms with Gasteiger partial charge in [0.05, 0.1) is 11.6 Å². The van der Waals surface area contributed by atoms with Crippen LogP contribution >= 0.6 is 11.6 Å². The number of rotatable bonds is 8. The molecule has 1 aromatic rings. The van der Waals surface area contributed by atoms with Gasteiger partial charge in [-0.2, -0.15) is 0 Å². The van der Waals surface area contributed by atoms with Crippen LogP contribution in [0.2, 0.25) is 5.02 Å². The normalized spacial score (nSPS) is 11.2. The third-order valence-corrected chi connectivity index (χ3v) is 3.12. The number of nitrogens with zero attached hydrogens (tertiary/aromatic N) is 1. The molecule has 0 aliphatic rings. The second-order valence-electron chi connectivity index (χ2n) is 4.19. The summed E-state index contributed by atoms with van der Waals surface area (Å²) >= 11 is 5.86. The number of ether oxygens (including phenoxy) is 1. The van der Waals surface area contributed by atoms with Gasteiger partial charge in [-0.3, -0.25) is 0 Å². The van der Waals surface area contributed by atoms with Gasteiger partial charge in [0, 0.05) is 33.3 Å². The summed E-state index contributed by atoms with van der Waals surface area (Å²) in [5.41, 5.74) is 0.788. The quantitative estimate of drug-likeness (QED) is 0.735. The van der Waals surface area contributed by atoms with Crippen molar-refractivity contribution in [2.24, 2.45) is 0 Å². The molecule has 0 radical (unpaired) electrons. The van der Waals surface area contributed by atoms with Crippen molar-refractivity contribution in [3.05, 3.63) is 34.6 Å². The van der Waals surface area contributed by atoms with Gasteiger partial charge in [0.2, 0.25) is 0 Å². The predicted molar refractivity (Wildman–Crippen MR) is 72.5 cm³/mol. The van der Waals surface area contributed by atoms with Gasteiger partial charge in [0.15, 0.2) is 0 Å². The number of methoxy groups -OCH3 is 1. The number of hydrogen-bond donors (Lipinski definition) is 1. The number of benzene rings is 1. The van der Waals surface area contributed by atoms with E-state index < -0.39 is 0 Å². The molecule has 102 valence electrons. The van der Waals surface area contributed by atoms with E-state index in [-0.39, 0.29) is 10.8 Å². The van der Waals surface area contributed by atoms with Gasteiger partial charge in [-0.15, -0.1) is 0 Å². The van der Waals surface area contributed by atoms with Crippen LogP contribution in [0.3, 0.4) is 0 Å². The predicted octanol–water partition coefficient (Wildman–Crippen LogP) is 2.15. The highest BCUT2D eigenvalue weighted by Crippen LogP contribution is 2.19. The highest BCUT2D eigenvalue weighted by molar-refractivity contribution is 6.31. The summed E-state index contributed by atoms with van der Waals surface area (Å²) in [6, 6.07) is 4.86. The Bertz CT molecular complexity index is 363. The molecule has 0 saturated heterocycles. The van der Waals surface area contributed by atoms with Crippen LogP contribution in [-0.4, -0.2) is 45.3 Å². The third-order valence-electron chi connectivity index (χ3n) is 2.69. The molecule has 0 atom stereocenters. The molecule has 5 heteroatoms. The van der Waals surface area contributed by atoms with Gasteiger partial charge in [-0.05, 0) is 18.7 Å². The number of likely N-dealkylation sites (N-methyl/N-ethyl adjacent to an activating group) is 1. The Morgan fingerprint density at radius 3 is 2.89 bits per heavy atom. The van der Waals surface area contributed by atoms with Gasteiger partial charge in [-0.25, -0.2) is 4.39 Å². The van der Waals surface area contributed by atoms with Gasteiger partial charge in [0.25, 0.3) is 0 Å². The zero-order valence-electron chi connectivity index (χ0n) is 10.9. The molecular weight excluding hydrogens is 255 g/mol. The summed E-state index contributed by atoms with van der Waals surface area (Å²) in [4.78, 5) is 2.17. The van der Waals surface area contributed by atoms with Crippen molar-refractivity contribution in [3.63, 3.8) is 0 Å². The monoisotopic (exact) mass is 274 g/mol. The second kappa shape index (κ2) is 8.43. The lowest BCUT2D eigenvalue weighted by Crippen LogP contribution is -2.31. The maximum Gasteiger partial charge on any atom is 0.142 e. The van der Waals surface area contributed by atoms with Crippen molar-refractivity contribution in [1.82, 2.24) is 10.2 Å². The van der Waals surface area contributed by atoms with Crippen LogP contribution in [0.5, 0.6) is 0 Å². The number of halogens is 2. The van der Waals surface area contributed by atoms with Crippen LogP contribution in [0.4, 0.5) is 4.39 Å². The fourth-order valence-electron chi connectivity index (χ4n) is 1.54. The minimum atomic E-state index is -0.367. The number of nitrogens with one attached hydrogen (secondary N) is 1. The molecule has 0 aliphatic carbocycles.